The molecule has 2 aliphatic heterocycles. The predicted molar refractivity (Wildman–Crippen MR) is 191 cm³/mol. The fourth-order valence-electron chi connectivity index (χ4n) is 7.58. The Morgan fingerprint density at radius 3 is 1.96 bits per heavy atom. The van der Waals surface area contributed by atoms with Gasteiger partial charge in [0.1, 0.15) is 5.82 Å². The topological polar surface area (TPSA) is 43.2 Å². The first-order valence-corrected chi connectivity index (χ1v) is 18.0. The van der Waals surface area contributed by atoms with Crippen LogP contribution in [0.15, 0.2) is 97.3 Å². The summed E-state index contributed by atoms with van der Waals surface area (Å²) in [4.78, 5) is 4.64. The van der Waals surface area contributed by atoms with Crippen LogP contribution in [-0.2, 0) is 30.9 Å². The molecule has 2 aliphatic rings. The van der Waals surface area contributed by atoms with Gasteiger partial charge in [0.2, 0.25) is 0 Å². The van der Waals surface area contributed by atoms with Crippen molar-refractivity contribution >= 4 is 20.0 Å². The van der Waals surface area contributed by atoms with Crippen LogP contribution in [0.5, 0.6) is 5.75 Å². The zero-order valence-electron chi connectivity index (χ0n) is 29.3. The predicted octanol–water partition coefficient (Wildman–Crippen LogP) is 10.4. The number of aromatic nitrogens is 3. The molecule has 47 heavy (non-hydrogen) atoms. The van der Waals surface area contributed by atoms with Gasteiger partial charge in [-0.2, -0.15) is 47.6 Å². The van der Waals surface area contributed by atoms with E-state index in [9.17, 15) is 0 Å². The fraction of sp³-hybridized carbons (Fsp3) is 0.350. The summed E-state index contributed by atoms with van der Waals surface area (Å²) in [6, 6.07) is 35.6. The molecule has 0 N–H and O–H groups in total. The van der Waals surface area contributed by atoms with Crippen molar-refractivity contribution in [3.05, 3.63) is 121 Å². The quantitative estimate of drug-likeness (QED) is 0.131. The van der Waals surface area contributed by atoms with Crippen LogP contribution < -0.4 is 8.99 Å². The molecule has 0 fully saturated rings. The van der Waals surface area contributed by atoms with Crippen molar-refractivity contribution in [3.63, 3.8) is 0 Å². The molecule has 1 radical (unpaired) electrons. The standard InChI is InChI=1S/C21H21N2.C19H25N2OSi.Ir/c1-20(2)17-12-8-9-13-18(17)23-19(21(20,3)4)16(14-22-23)15-10-6-5-7-11-15;1-18(2,3)23(19(4,5)6)21(17-13-9-10-14-20-17)15-11-7-8-12-16(15)22-23;/h5-12,14H,1-4H3;7-10,12-14H,1-6H3;/q2*-1;. The van der Waals surface area contributed by atoms with Crippen molar-refractivity contribution in [2.45, 2.75) is 90.1 Å². The average molecular weight is 819 g/mol. The van der Waals surface area contributed by atoms with Gasteiger partial charge in [0.15, 0.2) is 0 Å². The van der Waals surface area contributed by atoms with Crippen LogP contribution in [0, 0.1) is 12.1 Å². The minimum absolute atomic E-state index is 0. The first kappa shape index (κ1) is 34.8. The number of hydrogen-bond donors (Lipinski definition) is 0. The SMILES string of the molecule is CC(C)(C)[Si]1(C(C)(C)C)Oc2ccc[c-]c2N1c1ccccn1.CC1(C)c2ccc[c-]c2-n2ncc(-c3ccccc3)c2C1(C)C.[Ir]. The summed E-state index contributed by atoms with van der Waals surface area (Å²) in [5.74, 6) is 1.87. The van der Waals surface area contributed by atoms with Gasteiger partial charge in [-0.05, 0) is 34.5 Å². The van der Waals surface area contributed by atoms with Gasteiger partial charge >= 0.3 is 8.48 Å². The number of para-hydroxylation sites is 2. The van der Waals surface area contributed by atoms with Crippen molar-refractivity contribution in [1.82, 2.24) is 14.8 Å². The molecule has 0 amide bonds. The zero-order chi connectivity index (χ0) is 33.1. The van der Waals surface area contributed by atoms with Crippen LogP contribution in [0.3, 0.4) is 0 Å². The van der Waals surface area contributed by atoms with Crippen molar-refractivity contribution in [1.29, 1.82) is 0 Å². The van der Waals surface area contributed by atoms with Gasteiger partial charge in [0.05, 0.1) is 11.9 Å². The second-order valence-corrected chi connectivity index (χ2v) is 20.5. The average Bonchev–Trinajstić information content (AvgIpc) is 3.63. The Morgan fingerprint density at radius 2 is 1.34 bits per heavy atom. The van der Waals surface area contributed by atoms with E-state index in [2.05, 4.69) is 144 Å². The summed E-state index contributed by atoms with van der Waals surface area (Å²) < 4.78 is 11.2. The fourth-order valence-corrected chi connectivity index (χ4v) is 13.3. The Labute approximate surface area is 296 Å². The summed E-state index contributed by atoms with van der Waals surface area (Å²) in [7, 11) is -2.47. The Morgan fingerprint density at radius 1 is 0.723 bits per heavy atom. The summed E-state index contributed by atoms with van der Waals surface area (Å²) in [6.45, 7) is 23.0. The third kappa shape index (κ3) is 5.41. The summed E-state index contributed by atoms with van der Waals surface area (Å²) in [6.07, 6.45) is 3.85. The van der Waals surface area contributed by atoms with E-state index in [0.29, 0.717) is 0 Å². The number of hydrogen-bond acceptors (Lipinski definition) is 4. The molecule has 5 nitrogen and oxygen atoms in total. The third-order valence-corrected chi connectivity index (χ3v) is 15.9. The Kier molecular flexibility index (Phi) is 9.02. The van der Waals surface area contributed by atoms with E-state index in [4.69, 9.17) is 9.52 Å². The van der Waals surface area contributed by atoms with Gasteiger partial charge in [-0.1, -0.05) is 106 Å². The van der Waals surface area contributed by atoms with E-state index >= 15 is 0 Å². The number of nitrogens with zero attached hydrogens (tertiary/aromatic N) is 4. The smallest absolute Gasteiger partial charge is 0.363 e. The number of benzene rings is 3. The van der Waals surface area contributed by atoms with E-state index < -0.39 is 8.48 Å². The number of rotatable bonds is 2. The molecule has 7 heteroatoms. The van der Waals surface area contributed by atoms with Gasteiger partial charge in [-0.3, -0.25) is 4.68 Å². The largest absolute Gasteiger partial charge is 0.585 e. The van der Waals surface area contributed by atoms with Crippen LogP contribution in [0.4, 0.5) is 11.5 Å². The van der Waals surface area contributed by atoms with Crippen molar-refractivity contribution in [3.8, 4) is 22.6 Å². The van der Waals surface area contributed by atoms with E-state index in [-0.39, 0.29) is 41.0 Å². The Balaban J connectivity index is 0.000000181. The van der Waals surface area contributed by atoms with E-state index in [1.807, 2.05) is 48.8 Å². The van der Waals surface area contributed by atoms with Gasteiger partial charge in [0, 0.05) is 53.1 Å². The first-order chi connectivity index (χ1) is 21.6. The summed E-state index contributed by atoms with van der Waals surface area (Å²) in [5, 5.41) is 4.71. The van der Waals surface area contributed by atoms with E-state index in [1.54, 1.807) is 0 Å². The van der Waals surface area contributed by atoms with Gasteiger partial charge in [-0.25, -0.2) is 4.98 Å². The molecular formula is C40H46IrN4OSi-2. The molecule has 0 unspecified atom stereocenters. The summed E-state index contributed by atoms with van der Waals surface area (Å²) in [5.41, 5.74) is 7.06. The van der Waals surface area contributed by atoms with Crippen LogP contribution in [0.1, 0.15) is 80.5 Å². The minimum atomic E-state index is -2.47. The molecule has 7 rings (SSSR count). The molecule has 0 saturated carbocycles. The molecule has 5 aromatic rings. The maximum absolute atomic E-state index is 6.78. The number of fused-ring (bicyclic) bond motifs is 4. The molecule has 0 saturated heterocycles. The molecule has 0 spiro atoms. The Hall–Kier alpha value is -3.51. The maximum Gasteiger partial charge on any atom is 0.363 e. The van der Waals surface area contributed by atoms with Crippen LogP contribution in [-0.4, -0.2) is 23.2 Å². The normalized spacial score (nSPS) is 16.8. The maximum atomic E-state index is 6.78. The van der Waals surface area contributed by atoms with Crippen LogP contribution in [0.2, 0.25) is 10.1 Å². The second-order valence-electron chi connectivity index (χ2n) is 15.5. The monoisotopic (exact) mass is 819 g/mol. The van der Waals surface area contributed by atoms with E-state index in [1.165, 1.54) is 22.4 Å². The second kappa shape index (κ2) is 12.2. The van der Waals surface area contributed by atoms with Crippen molar-refractivity contribution in [2.75, 3.05) is 4.57 Å². The molecule has 4 heterocycles. The molecular weight excluding hydrogens is 773 g/mol. The molecule has 3 aromatic carbocycles. The molecule has 0 aliphatic carbocycles. The molecule has 247 valence electrons. The Bertz CT molecular complexity index is 1830. The number of pyridine rings is 1. The van der Waals surface area contributed by atoms with Gasteiger partial charge < -0.3 is 8.99 Å². The third-order valence-electron chi connectivity index (χ3n) is 10.2. The molecule has 2 aromatic heterocycles. The minimum Gasteiger partial charge on any atom is -0.585 e. The first-order valence-electron chi connectivity index (χ1n) is 16.2. The van der Waals surface area contributed by atoms with Gasteiger partial charge in [-0.15, -0.1) is 11.6 Å². The number of anilines is 2. The van der Waals surface area contributed by atoms with E-state index in [0.717, 1.165) is 22.9 Å². The zero-order valence-corrected chi connectivity index (χ0v) is 32.7. The van der Waals surface area contributed by atoms with Crippen molar-refractivity contribution < 1.29 is 24.5 Å². The summed E-state index contributed by atoms with van der Waals surface area (Å²) >= 11 is 0. The molecule has 0 bridgehead atoms. The van der Waals surface area contributed by atoms with Crippen LogP contribution in [0.25, 0.3) is 16.8 Å². The van der Waals surface area contributed by atoms with Crippen molar-refractivity contribution in [2.24, 2.45) is 0 Å². The molecule has 0 atom stereocenters. The van der Waals surface area contributed by atoms with Crippen LogP contribution >= 0.6 is 0 Å². The van der Waals surface area contributed by atoms with Gasteiger partial charge in [0.25, 0.3) is 0 Å².